The first-order chi connectivity index (χ1) is 22.4. The number of hydrogen-bond acceptors (Lipinski definition) is 7. The van der Waals surface area contributed by atoms with Crippen molar-refractivity contribution in [2.75, 3.05) is 13.7 Å². The molecule has 2 aliphatic rings. The van der Waals surface area contributed by atoms with Crippen molar-refractivity contribution in [1.29, 1.82) is 0 Å². The maximum atomic E-state index is 14.2. The summed E-state index contributed by atoms with van der Waals surface area (Å²) in [6, 6.07) is 27.3. The number of methoxy groups -OCH3 is 1. The molecule has 2 aliphatic heterocycles. The number of ether oxygens (including phenoxy) is 3. The van der Waals surface area contributed by atoms with Gasteiger partial charge in [-0.25, -0.2) is 0 Å². The maximum Gasteiger partial charge on any atom is 0.320 e. The Balaban J connectivity index is 1.25. The van der Waals surface area contributed by atoms with Gasteiger partial charge in [-0.3, -0.25) is 14.4 Å². The number of nitrogens with one attached hydrogen (secondary N) is 1. The number of amides is 2. The van der Waals surface area contributed by atoms with E-state index in [0.29, 0.717) is 24.6 Å². The molecule has 1 saturated heterocycles. The minimum Gasteiger partial charge on any atom is -0.468 e. The Labute approximate surface area is 268 Å². The number of esters is 1. The van der Waals surface area contributed by atoms with Crippen LogP contribution in [0.3, 0.4) is 0 Å². The topological polar surface area (TPSA) is 107 Å². The molecule has 0 radical (unpaired) electrons. The van der Waals surface area contributed by atoms with Gasteiger partial charge in [0, 0.05) is 24.6 Å². The average molecular weight is 623 g/mol. The van der Waals surface area contributed by atoms with Gasteiger partial charge in [0.05, 0.1) is 39.2 Å². The fraction of sp³-hybridized carbons (Fsp3) is 0.324. The highest BCUT2D eigenvalue weighted by Crippen LogP contribution is 2.50. The van der Waals surface area contributed by atoms with E-state index in [-0.39, 0.29) is 37.8 Å². The molecule has 0 bridgehead atoms. The molecular weight excluding hydrogens is 584 g/mol. The molecule has 4 aromatic rings. The van der Waals surface area contributed by atoms with E-state index >= 15 is 0 Å². The molecule has 1 N–H and O–H groups in total. The molecule has 0 saturated carbocycles. The number of furan rings is 1. The maximum absolute atomic E-state index is 14.2. The van der Waals surface area contributed by atoms with E-state index in [1.165, 1.54) is 13.4 Å². The highest BCUT2D eigenvalue weighted by atomic mass is 16.6. The van der Waals surface area contributed by atoms with Crippen molar-refractivity contribution in [3.05, 3.63) is 120 Å². The molecule has 0 aliphatic carbocycles. The molecule has 1 fully saturated rings. The molecule has 3 aromatic carbocycles. The minimum atomic E-state index is -1.31. The second-order valence-electron chi connectivity index (χ2n) is 11.9. The summed E-state index contributed by atoms with van der Waals surface area (Å²) in [5, 5.41) is 5.13. The number of piperidine rings is 1. The number of likely N-dealkylation sites (tertiary alicyclic amines) is 1. The molecule has 3 heterocycles. The second-order valence-corrected chi connectivity index (χ2v) is 11.9. The molecular formula is C37H38N2O7. The van der Waals surface area contributed by atoms with Crippen LogP contribution in [-0.2, 0) is 48.3 Å². The van der Waals surface area contributed by atoms with Crippen molar-refractivity contribution < 1.29 is 33.0 Å². The monoisotopic (exact) mass is 622 g/mol. The molecule has 0 unspecified atom stereocenters. The normalized spacial score (nSPS) is 22.7. The van der Waals surface area contributed by atoms with Gasteiger partial charge in [-0.2, -0.15) is 0 Å². The predicted octanol–water partition coefficient (Wildman–Crippen LogP) is 5.54. The van der Waals surface area contributed by atoms with E-state index in [0.717, 1.165) is 21.9 Å². The van der Waals surface area contributed by atoms with Gasteiger partial charge in [-0.1, -0.05) is 72.8 Å². The van der Waals surface area contributed by atoms with Gasteiger partial charge in [0.1, 0.15) is 17.3 Å². The number of fused-ring (bicyclic) bond motifs is 2. The van der Waals surface area contributed by atoms with Crippen LogP contribution in [0, 0.1) is 11.3 Å². The van der Waals surface area contributed by atoms with E-state index in [4.69, 9.17) is 18.6 Å². The first kappa shape index (κ1) is 31.3. The van der Waals surface area contributed by atoms with Crippen molar-refractivity contribution in [1.82, 2.24) is 10.2 Å². The van der Waals surface area contributed by atoms with Crippen LogP contribution >= 0.6 is 0 Å². The van der Waals surface area contributed by atoms with E-state index < -0.39 is 29.5 Å². The van der Waals surface area contributed by atoms with Crippen LogP contribution in [0.25, 0.3) is 10.8 Å². The van der Waals surface area contributed by atoms with Gasteiger partial charge in [0.15, 0.2) is 0 Å². The Kier molecular flexibility index (Phi) is 9.33. The van der Waals surface area contributed by atoms with E-state index in [1.54, 1.807) is 23.1 Å². The number of carbonyl (C=O) groups excluding carboxylic acids is 3. The molecule has 4 atom stereocenters. The zero-order valence-electron chi connectivity index (χ0n) is 26.0. The predicted molar refractivity (Wildman–Crippen MR) is 171 cm³/mol. The van der Waals surface area contributed by atoms with Crippen LogP contribution in [0.2, 0.25) is 0 Å². The van der Waals surface area contributed by atoms with Crippen LogP contribution in [-0.4, -0.2) is 48.6 Å². The number of carbonyl (C=O) groups is 3. The van der Waals surface area contributed by atoms with Crippen LogP contribution in [0.5, 0.6) is 0 Å². The van der Waals surface area contributed by atoms with Crippen molar-refractivity contribution in [2.45, 2.75) is 51.7 Å². The number of benzene rings is 3. The van der Waals surface area contributed by atoms with Gasteiger partial charge >= 0.3 is 5.97 Å². The molecule has 6 rings (SSSR count). The molecule has 46 heavy (non-hydrogen) atoms. The number of nitrogens with zero attached hydrogens (tertiary/aromatic N) is 1. The first-order valence-corrected chi connectivity index (χ1v) is 15.5. The van der Waals surface area contributed by atoms with Gasteiger partial charge in [0.25, 0.3) is 0 Å². The molecule has 9 heteroatoms. The van der Waals surface area contributed by atoms with Gasteiger partial charge in [-0.15, -0.1) is 0 Å². The SMILES string of the molecule is COC(=O)[C@]12C[C@H](CC(=O)NCc3cccc4ccccc34)C(=O)N(Cc3ccco3)C1=C[C@H](COCc1ccccc1)O[C@@H]2C. The summed E-state index contributed by atoms with van der Waals surface area (Å²) >= 11 is 0. The summed E-state index contributed by atoms with van der Waals surface area (Å²) in [4.78, 5) is 42.9. The van der Waals surface area contributed by atoms with Gasteiger partial charge in [-0.05, 0) is 53.5 Å². The van der Waals surface area contributed by atoms with Crippen LogP contribution < -0.4 is 5.32 Å². The summed E-state index contributed by atoms with van der Waals surface area (Å²) < 4.78 is 23.3. The fourth-order valence-corrected chi connectivity index (χ4v) is 6.67. The van der Waals surface area contributed by atoms with E-state index in [9.17, 15) is 14.4 Å². The fourth-order valence-electron chi connectivity index (χ4n) is 6.67. The standard InChI is InChI=1S/C37H38N2O7/c1-25-37(36(42)43-2)20-29(18-34(40)38-21-28-14-8-13-27-12-6-7-16-32(27)28)35(41)39(22-30-15-9-17-45-30)33(37)19-31(46-25)24-44-23-26-10-4-3-5-11-26/h3-17,19,25,29,31H,18,20-24H2,1-2H3,(H,38,40)/t25-,29+,31-,37+/m1/s1. The van der Waals surface area contributed by atoms with Gasteiger partial charge < -0.3 is 28.8 Å². The third kappa shape index (κ3) is 6.34. The summed E-state index contributed by atoms with van der Waals surface area (Å²) in [5.41, 5.74) is 1.18. The minimum absolute atomic E-state index is 0.0689. The lowest BCUT2D eigenvalue weighted by atomic mass is 9.66. The Morgan fingerprint density at radius 1 is 1.00 bits per heavy atom. The van der Waals surface area contributed by atoms with Crippen molar-refractivity contribution in [3.63, 3.8) is 0 Å². The van der Waals surface area contributed by atoms with E-state index in [2.05, 4.69) is 5.32 Å². The first-order valence-electron chi connectivity index (χ1n) is 15.5. The number of rotatable bonds is 11. The lowest BCUT2D eigenvalue weighted by Gasteiger charge is -2.51. The quantitative estimate of drug-likeness (QED) is 0.219. The zero-order chi connectivity index (χ0) is 32.1. The summed E-state index contributed by atoms with van der Waals surface area (Å²) in [5.74, 6) is -1.32. The second kappa shape index (κ2) is 13.7. The average Bonchev–Trinajstić information content (AvgIpc) is 3.59. The van der Waals surface area contributed by atoms with Crippen LogP contribution in [0.4, 0.5) is 0 Å². The van der Waals surface area contributed by atoms with Crippen molar-refractivity contribution >= 4 is 28.6 Å². The summed E-state index contributed by atoms with van der Waals surface area (Å²) in [6.45, 7) is 2.84. The summed E-state index contributed by atoms with van der Waals surface area (Å²) in [6.07, 6.45) is 2.12. The lowest BCUT2D eigenvalue weighted by molar-refractivity contribution is -0.178. The Hall–Kier alpha value is -4.73. The highest BCUT2D eigenvalue weighted by Gasteiger charge is 2.59. The molecule has 0 spiro atoms. The van der Waals surface area contributed by atoms with Gasteiger partial charge in [0.2, 0.25) is 11.8 Å². The Morgan fingerprint density at radius 3 is 2.57 bits per heavy atom. The summed E-state index contributed by atoms with van der Waals surface area (Å²) in [7, 11) is 1.33. The van der Waals surface area contributed by atoms with Crippen molar-refractivity contribution in [3.8, 4) is 0 Å². The highest BCUT2D eigenvalue weighted by molar-refractivity contribution is 5.93. The van der Waals surface area contributed by atoms with Crippen molar-refractivity contribution in [2.24, 2.45) is 11.3 Å². The molecule has 2 amide bonds. The third-order valence-corrected chi connectivity index (χ3v) is 8.97. The lowest BCUT2D eigenvalue weighted by Crippen LogP contribution is -2.60. The third-order valence-electron chi connectivity index (χ3n) is 8.97. The van der Waals surface area contributed by atoms with Crippen LogP contribution in [0.15, 0.2) is 107 Å². The smallest absolute Gasteiger partial charge is 0.320 e. The molecule has 1 aromatic heterocycles. The largest absolute Gasteiger partial charge is 0.468 e. The Bertz CT molecular complexity index is 1710. The van der Waals surface area contributed by atoms with E-state index in [1.807, 2.05) is 79.7 Å². The molecule has 238 valence electrons. The zero-order valence-corrected chi connectivity index (χ0v) is 26.0. The molecule has 9 nitrogen and oxygen atoms in total. The van der Waals surface area contributed by atoms with Crippen LogP contribution in [0.1, 0.15) is 36.7 Å². The number of hydrogen-bond donors (Lipinski definition) is 1. The Morgan fingerprint density at radius 2 is 1.78 bits per heavy atom.